The van der Waals surface area contributed by atoms with Gasteiger partial charge in [-0.25, -0.2) is 0 Å². The van der Waals surface area contributed by atoms with Gasteiger partial charge in [0.25, 0.3) is 0 Å². The molecule has 0 aliphatic carbocycles. The highest BCUT2D eigenvalue weighted by Crippen LogP contribution is 1.98. The first kappa shape index (κ1) is 9.39. The molecular weight excluding hydrogens is 134 g/mol. The molecule has 0 aromatic carbocycles. The van der Waals surface area contributed by atoms with Gasteiger partial charge in [-0.05, 0) is 14.1 Å². The van der Waals surface area contributed by atoms with Crippen molar-refractivity contribution in [2.45, 2.75) is 12.6 Å². The van der Waals surface area contributed by atoms with Crippen LogP contribution >= 0.6 is 0 Å². The Morgan fingerprint density at radius 2 is 2.20 bits per heavy atom. The molecule has 4 heteroatoms. The van der Waals surface area contributed by atoms with Crippen molar-refractivity contribution >= 4 is 5.97 Å². The molecule has 0 radical (unpaired) electrons. The van der Waals surface area contributed by atoms with E-state index in [4.69, 9.17) is 9.84 Å². The van der Waals surface area contributed by atoms with Gasteiger partial charge < -0.3 is 9.84 Å². The van der Waals surface area contributed by atoms with Crippen LogP contribution in [0.4, 0.5) is 0 Å². The van der Waals surface area contributed by atoms with Crippen molar-refractivity contribution in [3.63, 3.8) is 0 Å². The van der Waals surface area contributed by atoms with Crippen LogP contribution in [0.1, 0.15) is 6.42 Å². The quantitative estimate of drug-likeness (QED) is 0.568. The number of nitrogens with zero attached hydrogens (tertiary/aromatic N) is 1. The molecular formula is C6H13NO3. The van der Waals surface area contributed by atoms with Crippen LogP contribution in [0.25, 0.3) is 0 Å². The van der Waals surface area contributed by atoms with E-state index in [-0.39, 0.29) is 12.6 Å². The van der Waals surface area contributed by atoms with E-state index in [9.17, 15) is 4.79 Å². The van der Waals surface area contributed by atoms with Crippen molar-refractivity contribution in [3.8, 4) is 0 Å². The Labute approximate surface area is 60.4 Å². The molecule has 0 amide bonds. The maximum atomic E-state index is 10.2. The highest BCUT2D eigenvalue weighted by molar-refractivity contribution is 5.67. The highest BCUT2D eigenvalue weighted by atomic mass is 16.5. The summed E-state index contributed by atoms with van der Waals surface area (Å²) in [5, 5.41) is 8.36. The Balaban J connectivity index is 3.71. The number of aliphatic carboxylic acids is 1. The van der Waals surface area contributed by atoms with Crippen LogP contribution in [0.3, 0.4) is 0 Å². The zero-order chi connectivity index (χ0) is 8.15. The summed E-state index contributed by atoms with van der Waals surface area (Å²) in [5.41, 5.74) is 0. The van der Waals surface area contributed by atoms with Gasteiger partial charge in [0, 0.05) is 7.11 Å². The van der Waals surface area contributed by atoms with E-state index in [1.54, 1.807) is 19.0 Å². The fourth-order valence-electron chi connectivity index (χ4n) is 0.626. The van der Waals surface area contributed by atoms with Crippen LogP contribution < -0.4 is 0 Å². The third kappa shape index (κ3) is 3.42. The van der Waals surface area contributed by atoms with Crippen LogP contribution in [-0.4, -0.2) is 43.4 Å². The molecule has 0 fully saturated rings. The van der Waals surface area contributed by atoms with E-state index in [0.717, 1.165) is 0 Å². The van der Waals surface area contributed by atoms with Gasteiger partial charge in [-0.2, -0.15) is 0 Å². The maximum absolute atomic E-state index is 10.2. The van der Waals surface area contributed by atoms with Gasteiger partial charge >= 0.3 is 5.97 Å². The van der Waals surface area contributed by atoms with E-state index in [0.29, 0.717) is 0 Å². The molecule has 4 nitrogen and oxygen atoms in total. The predicted molar refractivity (Wildman–Crippen MR) is 36.7 cm³/mol. The van der Waals surface area contributed by atoms with Gasteiger partial charge in [0.05, 0.1) is 6.42 Å². The Hall–Kier alpha value is -0.610. The number of carboxylic acid groups (broad SMARTS) is 1. The molecule has 0 aliphatic heterocycles. The molecule has 1 atom stereocenters. The highest BCUT2D eigenvalue weighted by Gasteiger charge is 2.13. The second-order valence-corrected chi connectivity index (χ2v) is 2.25. The lowest BCUT2D eigenvalue weighted by Gasteiger charge is -2.20. The van der Waals surface area contributed by atoms with Gasteiger partial charge in [-0.3, -0.25) is 9.69 Å². The topological polar surface area (TPSA) is 49.8 Å². The maximum Gasteiger partial charge on any atom is 0.307 e. The molecule has 0 aromatic heterocycles. The smallest absolute Gasteiger partial charge is 0.307 e. The summed E-state index contributed by atoms with van der Waals surface area (Å²) in [7, 11) is 5.04. The van der Waals surface area contributed by atoms with Crippen molar-refractivity contribution in [1.82, 2.24) is 4.90 Å². The molecule has 0 aromatic rings. The molecule has 1 unspecified atom stereocenters. The monoisotopic (exact) mass is 147 g/mol. The number of hydrogen-bond acceptors (Lipinski definition) is 3. The normalized spacial score (nSPS) is 13.6. The number of methoxy groups -OCH3 is 1. The average molecular weight is 147 g/mol. The minimum absolute atomic E-state index is 0.0174. The van der Waals surface area contributed by atoms with Crippen LogP contribution in [0, 0.1) is 0 Å². The second-order valence-electron chi connectivity index (χ2n) is 2.25. The summed E-state index contributed by atoms with van der Waals surface area (Å²) in [5.74, 6) is -0.847. The van der Waals surface area contributed by atoms with E-state index in [1.807, 2.05) is 0 Å². The standard InChI is InChI=1S/C6H13NO3/c1-7(2)5(10-3)4-6(8)9/h5H,4H2,1-3H3,(H,8,9). The Morgan fingerprint density at radius 3 is 2.30 bits per heavy atom. The van der Waals surface area contributed by atoms with Crippen molar-refractivity contribution in [2.24, 2.45) is 0 Å². The third-order valence-corrected chi connectivity index (χ3v) is 1.20. The molecule has 0 heterocycles. The lowest BCUT2D eigenvalue weighted by atomic mass is 10.3. The molecule has 60 valence electrons. The van der Waals surface area contributed by atoms with Crippen LogP contribution in [0.15, 0.2) is 0 Å². The van der Waals surface area contributed by atoms with Gasteiger partial charge in [0.2, 0.25) is 0 Å². The van der Waals surface area contributed by atoms with E-state index in [1.165, 1.54) is 7.11 Å². The minimum Gasteiger partial charge on any atom is -0.481 e. The van der Waals surface area contributed by atoms with E-state index >= 15 is 0 Å². The van der Waals surface area contributed by atoms with E-state index in [2.05, 4.69) is 0 Å². The fraction of sp³-hybridized carbons (Fsp3) is 0.833. The number of carbonyl (C=O) groups is 1. The van der Waals surface area contributed by atoms with Gasteiger partial charge in [0.1, 0.15) is 6.23 Å². The molecule has 10 heavy (non-hydrogen) atoms. The van der Waals surface area contributed by atoms with Crippen molar-refractivity contribution in [3.05, 3.63) is 0 Å². The number of ether oxygens (including phenoxy) is 1. The SMILES string of the molecule is COC(CC(=O)O)N(C)C. The summed E-state index contributed by atoms with van der Waals surface area (Å²) < 4.78 is 4.87. The Bertz CT molecular complexity index is 114. The first-order valence-electron chi connectivity index (χ1n) is 2.99. The van der Waals surface area contributed by atoms with Crippen LogP contribution in [0.5, 0.6) is 0 Å². The lowest BCUT2D eigenvalue weighted by Crippen LogP contribution is -2.31. The molecule has 0 saturated heterocycles. The summed E-state index contributed by atoms with van der Waals surface area (Å²) in [6, 6.07) is 0. The fourth-order valence-corrected chi connectivity index (χ4v) is 0.626. The molecule has 0 bridgehead atoms. The predicted octanol–water partition coefficient (Wildman–Crippen LogP) is -0.00480. The van der Waals surface area contributed by atoms with Gasteiger partial charge in [0.15, 0.2) is 0 Å². The largest absolute Gasteiger partial charge is 0.481 e. The molecule has 0 rings (SSSR count). The lowest BCUT2D eigenvalue weighted by molar-refractivity contribution is -0.142. The average Bonchev–Trinajstić information content (AvgIpc) is 1.81. The first-order valence-corrected chi connectivity index (χ1v) is 2.99. The van der Waals surface area contributed by atoms with Crippen molar-refractivity contribution in [1.29, 1.82) is 0 Å². The first-order chi connectivity index (χ1) is 4.57. The summed E-state index contributed by atoms with van der Waals surface area (Å²) in [6.45, 7) is 0. The van der Waals surface area contributed by atoms with Crippen molar-refractivity contribution in [2.75, 3.05) is 21.2 Å². The summed E-state index contributed by atoms with van der Waals surface area (Å²) in [6.07, 6.45) is -0.304. The number of hydrogen-bond donors (Lipinski definition) is 1. The van der Waals surface area contributed by atoms with E-state index < -0.39 is 5.97 Å². The third-order valence-electron chi connectivity index (χ3n) is 1.20. The molecule has 1 N–H and O–H groups in total. The zero-order valence-corrected chi connectivity index (χ0v) is 6.50. The summed E-state index contributed by atoms with van der Waals surface area (Å²) in [4.78, 5) is 11.9. The van der Waals surface area contributed by atoms with Crippen LogP contribution in [-0.2, 0) is 9.53 Å². The molecule has 0 spiro atoms. The van der Waals surface area contributed by atoms with Gasteiger partial charge in [-0.15, -0.1) is 0 Å². The minimum atomic E-state index is -0.847. The van der Waals surface area contributed by atoms with Crippen molar-refractivity contribution < 1.29 is 14.6 Å². The number of carboxylic acids is 1. The summed E-state index contributed by atoms with van der Waals surface area (Å²) >= 11 is 0. The van der Waals surface area contributed by atoms with Crippen LogP contribution in [0.2, 0.25) is 0 Å². The number of rotatable bonds is 4. The van der Waals surface area contributed by atoms with Gasteiger partial charge in [-0.1, -0.05) is 0 Å². The second kappa shape index (κ2) is 4.24. The Morgan fingerprint density at radius 1 is 1.70 bits per heavy atom. The Kier molecular flexibility index (Phi) is 3.99. The zero-order valence-electron chi connectivity index (χ0n) is 6.50. The molecule has 0 aliphatic rings. The molecule has 0 saturated carbocycles.